The summed E-state index contributed by atoms with van der Waals surface area (Å²) < 4.78 is 5.23. The highest BCUT2D eigenvalue weighted by molar-refractivity contribution is 6.06. The van der Waals surface area contributed by atoms with Crippen LogP contribution in [0, 0.1) is 13.8 Å². The monoisotopic (exact) mass is 314 g/mol. The molecule has 4 heterocycles. The fourth-order valence-electron chi connectivity index (χ4n) is 4.10. The van der Waals surface area contributed by atoms with Crippen molar-refractivity contribution < 1.29 is 9.32 Å². The van der Waals surface area contributed by atoms with E-state index in [4.69, 9.17) is 4.52 Å². The number of aryl methyl sites for hydroxylation is 2. The lowest BCUT2D eigenvalue weighted by Gasteiger charge is -2.37. The van der Waals surface area contributed by atoms with Crippen LogP contribution in [0.1, 0.15) is 47.4 Å². The van der Waals surface area contributed by atoms with Gasteiger partial charge in [-0.1, -0.05) is 5.16 Å². The Morgan fingerprint density at radius 2 is 2.09 bits per heavy atom. The van der Waals surface area contributed by atoms with E-state index in [1.165, 1.54) is 25.9 Å². The number of carbonyl (C=O) groups is 1. The van der Waals surface area contributed by atoms with Gasteiger partial charge in [-0.2, -0.15) is 0 Å². The molecule has 0 aromatic carbocycles. The Hall–Kier alpha value is -1.95. The van der Waals surface area contributed by atoms with E-state index in [0.29, 0.717) is 23.0 Å². The molecule has 1 amide bonds. The Labute approximate surface area is 135 Å². The molecule has 0 bridgehead atoms. The average molecular weight is 314 g/mol. The van der Waals surface area contributed by atoms with E-state index in [9.17, 15) is 4.79 Å². The van der Waals surface area contributed by atoms with Crippen LogP contribution in [0.2, 0.25) is 0 Å². The number of rotatable bonds is 2. The molecule has 122 valence electrons. The summed E-state index contributed by atoms with van der Waals surface area (Å²) in [5.74, 6) is -0.0365. The minimum Gasteiger partial charge on any atom is -0.348 e. The first-order valence-corrected chi connectivity index (χ1v) is 8.42. The van der Waals surface area contributed by atoms with Crippen molar-refractivity contribution in [3.8, 4) is 0 Å². The van der Waals surface area contributed by atoms with Crippen molar-refractivity contribution in [1.29, 1.82) is 0 Å². The molecular formula is C17H22N4O2. The van der Waals surface area contributed by atoms with Gasteiger partial charge in [0, 0.05) is 17.8 Å². The maximum absolute atomic E-state index is 12.9. The first kappa shape index (κ1) is 14.6. The van der Waals surface area contributed by atoms with Gasteiger partial charge in [-0.3, -0.25) is 9.69 Å². The lowest BCUT2D eigenvalue weighted by atomic mass is 9.96. The van der Waals surface area contributed by atoms with E-state index in [1.807, 2.05) is 19.9 Å². The number of hydrogen-bond acceptors (Lipinski definition) is 5. The number of hydrogen-bond donors (Lipinski definition) is 1. The van der Waals surface area contributed by atoms with Gasteiger partial charge in [-0.25, -0.2) is 4.98 Å². The Morgan fingerprint density at radius 1 is 1.30 bits per heavy atom. The van der Waals surface area contributed by atoms with Crippen molar-refractivity contribution in [2.45, 2.75) is 51.6 Å². The number of nitrogens with zero attached hydrogens (tertiary/aromatic N) is 3. The lowest BCUT2D eigenvalue weighted by molar-refractivity contribution is 0.0869. The lowest BCUT2D eigenvalue weighted by Crippen LogP contribution is -2.52. The summed E-state index contributed by atoms with van der Waals surface area (Å²) >= 11 is 0. The predicted octanol–water partition coefficient (Wildman–Crippen LogP) is 2.20. The fraction of sp³-hybridized carbons (Fsp3) is 0.588. The highest BCUT2D eigenvalue weighted by Gasteiger charge is 2.35. The normalized spacial score (nSPS) is 24.8. The molecule has 2 aromatic heterocycles. The van der Waals surface area contributed by atoms with Crippen LogP contribution in [0.3, 0.4) is 0 Å². The highest BCUT2D eigenvalue weighted by atomic mass is 16.5. The highest BCUT2D eigenvalue weighted by Crippen LogP contribution is 2.28. The molecule has 0 aliphatic carbocycles. The van der Waals surface area contributed by atoms with E-state index in [-0.39, 0.29) is 11.9 Å². The molecule has 2 saturated heterocycles. The van der Waals surface area contributed by atoms with Gasteiger partial charge in [0.15, 0.2) is 0 Å². The molecule has 2 aliphatic rings. The molecule has 0 unspecified atom stereocenters. The number of aromatic nitrogens is 2. The third-order valence-corrected chi connectivity index (χ3v) is 5.15. The molecule has 4 rings (SSSR count). The molecule has 6 heteroatoms. The van der Waals surface area contributed by atoms with E-state index < -0.39 is 0 Å². The zero-order valence-electron chi connectivity index (χ0n) is 13.6. The summed E-state index contributed by atoms with van der Waals surface area (Å²) in [6.45, 7) is 6.05. The molecule has 0 saturated carbocycles. The van der Waals surface area contributed by atoms with Gasteiger partial charge in [-0.15, -0.1) is 0 Å². The van der Waals surface area contributed by atoms with Crippen molar-refractivity contribution in [2.24, 2.45) is 0 Å². The van der Waals surface area contributed by atoms with Crippen LogP contribution in [0.15, 0.2) is 10.6 Å². The number of piperidine rings is 1. The SMILES string of the molecule is Cc1cc(C(=O)N[C@H]2CCCN3CCC[C@@H]23)c2c(C)noc2n1. The van der Waals surface area contributed by atoms with E-state index in [1.54, 1.807) is 0 Å². The average Bonchev–Trinajstić information content (AvgIpc) is 3.14. The largest absolute Gasteiger partial charge is 0.348 e. The third kappa shape index (κ3) is 2.51. The molecule has 23 heavy (non-hydrogen) atoms. The van der Waals surface area contributed by atoms with E-state index in [0.717, 1.165) is 23.9 Å². The quantitative estimate of drug-likeness (QED) is 0.920. The van der Waals surface area contributed by atoms with Gasteiger partial charge in [-0.05, 0) is 58.7 Å². The standard InChI is InChI=1S/C17H22N4O2/c1-10-9-12(15-11(2)20-23-17(15)18-10)16(22)19-13-5-3-7-21-8-4-6-14(13)21/h9,13-14H,3-8H2,1-2H3,(H,19,22)/t13-,14-/m0/s1. The Kier molecular flexibility index (Phi) is 3.56. The molecule has 0 radical (unpaired) electrons. The van der Waals surface area contributed by atoms with Crippen LogP contribution in [0.5, 0.6) is 0 Å². The van der Waals surface area contributed by atoms with Crippen LogP contribution in [-0.4, -0.2) is 46.1 Å². The first-order valence-electron chi connectivity index (χ1n) is 8.42. The van der Waals surface area contributed by atoms with Gasteiger partial charge in [0.1, 0.15) is 0 Å². The molecule has 2 atom stereocenters. The summed E-state index contributed by atoms with van der Waals surface area (Å²) in [5.41, 5.74) is 2.55. The molecule has 6 nitrogen and oxygen atoms in total. The number of pyridine rings is 1. The van der Waals surface area contributed by atoms with Crippen molar-refractivity contribution in [3.05, 3.63) is 23.0 Å². The number of nitrogens with one attached hydrogen (secondary N) is 1. The second kappa shape index (κ2) is 5.60. The second-order valence-corrected chi connectivity index (χ2v) is 6.73. The molecule has 2 aliphatic heterocycles. The van der Waals surface area contributed by atoms with Crippen LogP contribution in [0.25, 0.3) is 11.1 Å². The van der Waals surface area contributed by atoms with Crippen molar-refractivity contribution in [3.63, 3.8) is 0 Å². The molecule has 2 aromatic rings. The van der Waals surface area contributed by atoms with Crippen molar-refractivity contribution in [2.75, 3.05) is 13.1 Å². The molecular weight excluding hydrogens is 292 g/mol. The second-order valence-electron chi connectivity index (χ2n) is 6.73. The van der Waals surface area contributed by atoms with Gasteiger partial charge in [0.05, 0.1) is 16.6 Å². The van der Waals surface area contributed by atoms with Gasteiger partial charge in [0.2, 0.25) is 0 Å². The number of fused-ring (bicyclic) bond motifs is 2. The third-order valence-electron chi connectivity index (χ3n) is 5.15. The van der Waals surface area contributed by atoms with Crippen LogP contribution < -0.4 is 5.32 Å². The minimum atomic E-state index is -0.0365. The summed E-state index contributed by atoms with van der Waals surface area (Å²) in [6, 6.07) is 2.56. The topological polar surface area (TPSA) is 71.3 Å². The van der Waals surface area contributed by atoms with Crippen LogP contribution in [-0.2, 0) is 0 Å². The maximum Gasteiger partial charge on any atom is 0.258 e. The van der Waals surface area contributed by atoms with Crippen molar-refractivity contribution >= 4 is 17.0 Å². The number of amides is 1. The van der Waals surface area contributed by atoms with Crippen LogP contribution in [0.4, 0.5) is 0 Å². The Balaban J connectivity index is 1.63. The summed E-state index contributed by atoms with van der Waals surface area (Å²) in [4.78, 5) is 19.7. The zero-order chi connectivity index (χ0) is 16.0. The zero-order valence-corrected chi connectivity index (χ0v) is 13.6. The summed E-state index contributed by atoms with van der Waals surface area (Å²) in [5, 5.41) is 7.95. The molecule has 0 spiro atoms. The summed E-state index contributed by atoms with van der Waals surface area (Å²) in [6.07, 6.45) is 4.63. The first-order chi connectivity index (χ1) is 11.1. The van der Waals surface area contributed by atoms with E-state index in [2.05, 4.69) is 20.4 Å². The fourth-order valence-corrected chi connectivity index (χ4v) is 4.10. The molecule has 1 N–H and O–H groups in total. The summed E-state index contributed by atoms with van der Waals surface area (Å²) in [7, 11) is 0. The smallest absolute Gasteiger partial charge is 0.258 e. The van der Waals surface area contributed by atoms with Crippen LogP contribution >= 0.6 is 0 Å². The molecule has 2 fully saturated rings. The Morgan fingerprint density at radius 3 is 2.91 bits per heavy atom. The number of carbonyl (C=O) groups excluding carboxylic acids is 1. The maximum atomic E-state index is 12.9. The minimum absolute atomic E-state index is 0.0365. The van der Waals surface area contributed by atoms with E-state index >= 15 is 0 Å². The van der Waals surface area contributed by atoms with Crippen molar-refractivity contribution in [1.82, 2.24) is 20.4 Å². The Bertz CT molecular complexity index is 754. The van der Waals surface area contributed by atoms with Gasteiger partial charge in [0.25, 0.3) is 11.6 Å². The predicted molar refractivity (Wildman–Crippen MR) is 86.4 cm³/mol. The van der Waals surface area contributed by atoms with Gasteiger partial charge < -0.3 is 9.84 Å². The van der Waals surface area contributed by atoms with Gasteiger partial charge >= 0.3 is 0 Å².